The lowest BCUT2D eigenvalue weighted by molar-refractivity contribution is -0.104. The van der Waals surface area contributed by atoms with Gasteiger partial charge in [0.2, 0.25) is 0 Å². The lowest BCUT2D eigenvalue weighted by atomic mass is 9.97. The number of carbonyl (C=O) groups is 1. The molecule has 2 rings (SSSR count). The van der Waals surface area contributed by atoms with Gasteiger partial charge in [-0.05, 0) is 41.5 Å². The first-order valence-corrected chi connectivity index (χ1v) is 7.11. The van der Waals surface area contributed by atoms with E-state index in [0.717, 1.165) is 0 Å². The molecule has 5 nitrogen and oxygen atoms in total. The van der Waals surface area contributed by atoms with Crippen LogP contribution < -0.4 is 0 Å². The average Bonchev–Trinajstić information content (AvgIpc) is 2.56. The zero-order valence-corrected chi connectivity index (χ0v) is 12.4. The van der Waals surface area contributed by atoms with E-state index < -0.39 is 6.10 Å². The maximum absolute atomic E-state index is 10.4. The molecule has 0 saturated heterocycles. The summed E-state index contributed by atoms with van der Waals surface area (Å²) in [6.45, 7) is -0.354. The molecule has 23 heavy (non-hydrogen) atoms. The summed E-state index contributed by atoms with van der Waals surface area (Å²) in [5, 5.41) is 38.6. The van der Waals surface area contributed by atoms with Crippen LogP contribution in [0.15, 0.2) is 42.5 Å². The lowest BCUT2D eigenvalue weighted by Gasteiger charge is -2.12. The van der Waals surface area contributed by atoms with Crippen LogP contribution in [0.4, 0.5) is 0 Å². The first-order chi connectivity index (χ1) is 11.0. The fourth-order valence-electron chi connectivity index (χ4n) is 2.29. The molecule has 0 fully saturated rings. The quantitative estimate of drug-likeness (QED) is 0.482. The summed E-state index contributed by atoms with van der Waals surface area (Å²) < 4.78 is 0. The van der Waals surface area contributed by atoms with Gasteiger partial charge in [-0.1, -0.05) is 18.2 Å². The molecule has 0 aromatic heterocycles. The summed E-state index contributed by atoms with van der Waals surface area (Å²) in [6, 6.07) is 9.55. The van der Waals surface area contributed by atoms with Crippen LogP contribution >= 0.6 is 0 Å². The third kappa shape index (κ3) is 4.18. The normalized spacial score (nSPS) is 12.4. The van der Waals surface area contributed by atoms with Gasteiger partial charge in [-0.2, -0.15) is 0 Å². The minimum atomic E-state index is -0.886. The van der Waals surface area contributed by atoms with Crippen LogP contribution in [0.25, 0.3) is 17.2 Å². The second kappa shape index (κ2) is 7.58. The Balaban J connectivity index is 2.46. The van der Waals surface area contributed by atoms with E-state index in [1.807, 2.05) is 0 Å². The van der Waals surface area contributed by atoms with Crippen LogP contribution in [-0.4, -0.2) is 39.4 Å². The molecule has 0 unspecified atom stereocenters. The monoisotopic (exact) mass is 314 g/mol. The third-order valence-corrected chi connectivity index (χ3v) is 3.42. The van der Waals surface area contributed by atoms with Gasteiger partial charge in [0.1, 0.15) is 17.8 Å². The van der Waals surface area contributed by atoms with Crippen molar-refractivity contribution in [3.05, 3.63) is 53.6 Å². The summed E-state index contributed by atoms with van der Waals surface area (Å²) in [5.41, 5.74) is 2.24. The van der Waals surface area contributed by atoms with E-state index in [1.165, 1.54) is 18.2 Å². The smallest absolute Gasteiger partial charge is 0.142 e. The van der Waals surface area contributed by atoms with Crippen molar-refractivity contribution in [1.29, 1.82) is 0 Å². The van der Waals surface area contributed by atoms with Gasteiger partial charge in [0.15, 0.2) is 0 Å². The first-order valence-electron chi connectivity index (χ1n) is 7.11. The summed E-state index contributed by atoms with van der Waals surface area (Å²) >= 11 is 0. The molecule has 1 atom stereocenters. The Morgan fingerprint density at radius 3 is 2.30 bits per heavy atom. The molecule has 0 saturated carbocycles. The Bertz CT molecular complexity index is 721. The van der Waals surface area contributed by atoms with Crippen molar-refractivity contribution in [2.24, 2.45) is 0 Å². The Kier molecular flexibility index (Phi) is 5.51. The van der Waals surface area contributed by atoms with Crippen LogP contribution in [-0.2, 0) is 11.2 Å². The second-order valence-corrected chi connectivity index (χ2v) is 5.16. The van der Waals surface area contributed by atoms with Gasteiger partial charge < -0.3 is 20.4 Å². The number of rotatable bonds is 6. The largest absolute Gasteiger partial charge is 0.507 e. The van der Waals surface area contributed by atoms with Gasteiger partial charge in [0.25, 0.3) is 0 Å². The molecule has 120 valence electrons. The molecule has 0 spiro atoms. The number of hydrogen-bond acceptors (Lipinski definition) is 5. The fraction of sp³-hybridized carbons (Fsp3) is 0.167. The molecule has 0 aliphatic carbocycles. The van der Waals surface area contributed by atoms with E-state index in [1.54, 1.807) is 30.3 Å². The van der Waals surface area contributed by atoms with E-state index in [4.69, 9.17) is 5.11 Å². The lowest BCUT2D eigenvalue weighted by Crippen LogP contribution is -2.14. The van der Waals surface area contributed by atoms with Crippen molar-refractivity contribution in [2.75, 3.05) is 6.61 Å². The number of aromatic hydroxyl groups is 2. The van der Waals surface area contributed by atoms with Crippen LogP contribution in [0.5, 0.6) is 11.5 Å². The highest BCUT2D eigenvalue weighted by Gasteiger charge is 2.12. The number of hydrogen-bond donors (Lipinski definition) is 4. The highest BCUT2D eigenvalue weighted by molar-refractivity contribution is 5.80. The van der Waals surface area contributed by atoms with Gasteiger partial charge in [-0.15, -0.1) is 0 Å². The first kappa shape index (κ1) is 16.7. The van der Waals surface area contributed by atoms with Crippen LogP contribution in [0.3, 0.4) is 0 Å². The number of allylic oxidation sites excluding steroid dienone is 1. The molecule has 0 bridgehead atoms. The topological polar surface area (TPSA) is 98.0 Å². The van der Waals surface area contributed by atoms with Crippen molar-refractivity contribution in [1.82, 2.24) is 0 Å². The van der Waals surface area contributed by atoms with Crippen LogP contribution in [0, 0.1) is 0 Å². The summed E-state index contributed by atoms with van der Waals surface area (Å²) in [4.78, 5) is 10.4. The van der Waals surface area contributed by atoms with Crippen molar-refractivity contribution < 1.29 is 25.2 Å². The minimum absolute atomic E-state index is 0.0107. The number of aliphatic hydroxyl groups excluding tert-OH is 2. The van der Waals surface area contributed by atoms with E-state index in [2.05, 4.69) is 0 Å². The maximum atomic E-state index is 10.4. The number of phenolic OH excluding ortho intramolecular Hbond substituents is 2. The zero-order chi connectivity index (χ0) is 16.8. The molecule has 0 aliphatic heterocycles. The van der Waals surface area contributed by atoms with Crippen LogP contribution in [0.2, 0.25) is 0 Å². The molecular weight excluding hydrogens is 296 g/mol. The fourth-order valence-corrected chi connectivity index (χ4v) is 2.29. The van der Waals surface area contributed by atoms with Gasteiger partial charge in [0, 0.05) is 17.5 Å². The minimum Gasteiger partial charge on any atom is -0.507 e. The van der Waals surface area contributed by atoms with Gasteiger partial charge in [-0.25, -0.2) is 0 Å². The molecule has 2 aromatic rings. The van der Waals surface area contributed by atoms with Crippen molar-refractivity contribution in [3.8, 4) is 22.6 Å². The summed E-state index contributed by atoms with van der Waals surface area (Å²) in [6.07, 6.45) is 2.93. The van der Waals surface area contributed by atoms with Gasteiger partial charge >= 0.3 is 0 Å². The standard InChI is InChI=1S/C18H18O5/c19-7-1-2-12-3-5-17(22)15(9-12)16-10-13(4-6-18(16)23)8-14(21)11-20/h1-7,9-10,14,20-23H,8,11H2/t14-/m1/s1. The average molecular weight is 314 g/mol. The number of aliphatic hydroxyl groups is 2. The number of benzene rings is 2. The number of phenols is 2. The second-order valence-electron chi connectivity index (χ2n) is 5.16. The van der Waals surface area contributed by atoms with Crippen molar-refractivity contribution >= 4 is 12.4 Å². The zero-order valence-electron chi connectivity index (χ0n) is 12.4. The van der Waals surface area contributed by atoms with Gasteiger partial charge in [0.05, 0.1) is 12.7 Å². The summed E-state index contributed by atoms with van der Waals surface area (Å²) in [7, 11) is 0. The molecule has 5 heteroatoms. The Hall–Kier alpha value is -2.63. The third-order valence-electron chi connectivity index (χ3n) is 3.42. The molecule has 0 heterocycles. The number of aldehydes is 1. The van der Waals surface area contributed by atoms with E-state index in [9.17, 15) is 20.1 Å². The molecular formula is C18H18O5. The molecule has 0 amide bonds. The highest BCUT2D eigenvalue weighted by atomic mass is 16.3. The molecule has 4 N–H and O–H groups in total. The Morgan fingerprint density at radius 1 is 1.00 bits per heavy atom. The predicted octanol–water partition coefficient (Wildman–Crippen LogP) is 1.87. The van der Waals surface area contributed by atoms with Gasteiger partial charge in [-0.3, -0.25) is 4.79 Å². The van der Waals surface area contributed by atoms with Crippen LogP contribution in [0.1, 0.15) is 11.1 Å². The summed E-state index contributed by atoms with van der Waals surface area (Å²) in [5.74, 6) is -0.0255. The Labute approximate surface area is 133 Å². The highest BCUT2D eigenvalue weighted by Crippen LogP contribution is 2.37. The molecule has 0 radical (unpaired) electrons. The van der Waals surface area contributed by atoms with E-state index >= 15 is 0 Å². The van der Waals surface area contributed by atoms with Crippen molar-refractivity contribution in [2.45, 2.75) is 12.5 Å². The number of carbonyl (C=O) groups excluding carboxylic acids is 1. The van der Waals surface area contributed by atoms with Crippen molar-refractivity contribution in [3.63, 3.8) is 0 Å². The van der Waals surface area contributed by atoms with E-state index in [-0.39, 0.29) is 24.5 Å². The molecule has 2 aromatic carbocycles. The van der Waals surface area contributed by atoms with E-state index in [0.29, 0.717) is 28.5 Å². The Morgan fingerprint density at radius 2 is 1.65 bits per heavy atom. The maximum Gasteiger partial charge on any atom is 0.142 e. The predicted molar refractivity (Wildman–Crippen MR) is 87.1 cm³/mol. The SMILES string of the molecule is O=CC=Cc1ccc(O)c(-c2cc(C[C@@H](O)CO)ccc2O)c1. The molecule has 0 aliphatic rings.